The minimum absolute atomic E-state index is 0.116. The number of aryl methyl sites for hydroxylation is 1. The molecule has 1 heterocycles. The number of para-hydroxylation sites is 2. The lowest BCUT2D eigenvalue weighted by molar-refractivity contribution is 0.0940. The van der Waals surface area contributed by atoms with Gasteiger partial charge < -0.3 is 15.4 Å². The van der Waals surface area contributed by atoms with Crippen LogP contribution in [0.25, 0.3) is 10.9 Å². The van der Waals surface area contributed by atoms with Crippen LogP contribution in [0.4, 0.5) is 11.5 Å². The van der Waals surface area contributed by atoms with Crippen molar-refractivity contribution < 1.29 is 9.53 Å². The van der Waals surface area contributed by atoms with E-state index in [-0.39, 0.29) is 11.7 Å². The van der Waals surface area contributed by atoms with Gasteiger partial charge in [0.25, 0.3) is 5.91 Å². The Morgan fingerprint density at radius 1 is 0.906 bits per heavy atom. The summed E-state index contributed by atoms with van der Waals surface area (Å²) in [4.78, 5) is 21.9. The van der Waals surface area contributed by atoms with Crippen molar-refractivity contribution in [2.45, 2.75) is 26.8 Å². The molecule has 6 heteroatoms. The Kier molecular flexibility index (Phi) is 6.60. The molecule has 0 saturated heterocycles. The van der Waals surface area contributed by atoms with Gasteiger partial charge in [-0.25, -0.2) is 9.97 Å². The second kappa shape index (κ2) is 9.92. The van der Waals surface area contributed by atoms with E-state index in [9.17, 15) is 4.79 Å². The van der Waals surface area contributed by atoms with Crippen LogP contribution in [0.2, 0.25) is 0 Å². The van der Waals surface area contributed by atoms with Crippen molar-refractivity contribution >= 4 is 28.3 Å². The molecule has 0 aliphatic carbocycles. The average molecular weight is 427 g/mol. The maximum atomic E-state index is 12.9. The van der Waals surface area contributed by atoms with Crippen molar-refractivity contribution in [3.8, 4) is 5.75 Å². The summed E-state index contributed by atoms with van der Waals surface area (Å²) in [6.07, 6.45) is 0.980. The molecule has 0 fully saturated rings. The number of benzene rings is 3. The molecule has 0 atom stereocenters. The number of anilines is 2. The third kappa shape index (κ3) is 4.86. The van der Waals surface area contributed by atoms with Crippen LogP contribution in [0, 0.1) is 0 Å². The number of amides is 1. The number of carbonyl (C=O) groups excluding carboxylic acids is 1. The summed E-state index contributed by atoms with van der Waals surface area (Å²) in [5, 5.41) is 7.11. The molecular weight excluding hydrogens is 400 g/mol. The van der Waals surface area contributed by atoms with E-state index in [1.54, 1.807) is 0 Å². The van der Waals surface area contributed by atoms with Gasteiger partial charge in [0.15, 0.2) is 0 Å². The van der Waals surface area contributed by atoms with Crippen molar-refractivity contribution in [1.82, 2.24) is 15.3 Å². The minimum Gasteiger partial charge on any atom is -0.494 e. The molecule has 3 aromatic carbocycles. The Hall–Kier alpha value is -3.93. The van der Waals surface area contributed by atoms with Crippen LogP contribution in [0.1, 0.15) is 35.6 Å². The van der Waals surface area contributed by atoms with E-state index in [1.807, 2.05) is 67.6 Å². The summed E-state index contributed by atoms with van der Waals surface area (Å²) in [5.74, 6) is 1.13. The van der Waals surface area contributed by atoms with E-state index in [0.29, 0.717) is 24.5 Å². The predicted octanol–water partition coefficient (Wildman–Crippen LogP) is 5.26. The highest BCUT2D eigenvalue weighted by atomic mass is 16.5. The Morgan fingerprint density at radius 2 is 1.66 bits per heavy atom. The van der Waals surface area contributed by atoms with Crippen LogP contribution < -0.4 is 15.4 Å². The third-order valence-electron chi connectivity index (χ3n) is 5.14. The van der Waals surface area contributed by atoms with Crippen LogP contribution in [0.15, 0.2) is 72.8 Å². The Labute approximate surface area is 187 Å². The van der Waals surface area contributed by atoms with Crippen LogP contribution in [0.5, 0.6) is 5.75 Å². The molecule has 6 nitrogen and oxygen atoms in total. The molecule has 0 spiro atoms. The van der Waals surface area contributed by atoms with Crippen LogP contribution in [0.3, 0.4) is 0 Å². The SMILES string of the molecule is CCOc1ccccc1CNC(=O)c1nc(Nc2ccc(CC)cc2)c2ccccc2n1. The third-order valence-corrected chi connectivity index (χ3v) is 5.14. The van der Waals surface area contributed by atoms with Gasteiger partial charge in [-0.3, -0.25) is 4.79 Å². The van der Waals surface area contributed by atoms with Crippen molar-refractivity contribution in [2.24, 2.45) is 0 Å². The first-order valence-electron chi connectivity index (χ1n) is 10.8. The van der Waals surface area contributed by atoms with Crippen molar-refractivity contribution in [3.63, 3.8) is 0 Å². The van der Waals surface area contributed by atoms with Gasteiger partial charge in [0.2, 0.25) is 5.82 Å². The molecule has 0 bridgehead atoms. The number of ether oxygens (including phenoxy) is 1. The summed E-state index contributed by atoms with van der Waals surface area (Å²) >= 11 is 0. The predicted molar refractivity (Wildman–Crippen MR) is 127 cm³/mol. The summed E-state index contributed by atoms with van der Waals surface area (Å²) in [5.41, 5.74) is 3.77. The standard InChI is InChI=1S/C26H26N4O2/c1-3-18-13-15-20(16-14-18)28-24-21-10-6-7-11-22(21)29-25(30-24)26(31)27-17-19-9-5-8-12-23(19)32-4-2/h5-16H,3-4,17H2,1-2H3,(H,27,31)(H,28,29,30). The lowest BCUT2D eigenvalue weighted by Gasteiger charge is -2.13. The quantitative estimate of drug-likeness (QED) is 0.402. The fraction of sp³-hybridized carbons (Fsp3) is 0.192. The molecule has 4 aromatic rings. The number of rotatable bonds is 8. The molecule has 1 amide bonds. The lowest BCUT2D eigenvalue weighted by Crippen LogP contribution is -2.25. The van der Waals surface area contributed by atoms with E-state index in [0.717, 1.165) is 28.8 Å². The van der Waals surface area contributed by atoms with E-state index < -0.39 is 0 Å². The van der Waals surface area contributed by atoms with Gasteiger partial charge in [0.05, 0.1) is 12.1 Å². The monoisotopic (exact) mass is 426 g/mol. The first-order valence-corrected chi connectivity index (χ1v) is 10.8. The maximum Gasteiger partial charge on any atom is 0.289 e. The summed E-state index contributed by atoms with van der Waals surface area (Å²) < 4.78 is 5.64. The van der Waals surface area contributed by atoms with E-state index in [2.05, 4.69) is 39.7 Å². The molecule has 1 aromatic heterocycles. The van der Waals surface area contributed by atoms with Gasteiger partial charge in [-0.2, -0.15) is 0 Å². The number of nitrogens with zero attached hydrogens (tertiary/aromatic N) is 2. The van der Waals surface area contributed by atoms with Gasteiger partial charge in [0, 0.05) is 23.2 Å². The van der Waals surface area contributed by atoms with Crippen molar-refractivity contribution in [1.29, 1.82) is 0 Å². The van der Waals surface area contributed by atoms with Gasteiger partial charge in [-0.15, -0.1) is 0 Å². The fourth-order valence-corrected chi connectivity index (χ4v) is 3.43. The number of fused-ring (bicyclic) bond motifs is 1. The molecule has 2 N–H and O–H groups in total. The Bertz CT molecular complexity index is 1220. The molecule has 32 heavy (non-hydrogen) atoms. The van der Waals surface area contributed by atoms with Gasteiger partial charge in [-0.05, 0) is 49.2 Å². The topological polar surface area (TPSA) is 76.1 Å². The summed E-state index contributed by atoms with van der Waals surface area (Å²) in [7, 11) is 0. The number of nitrogens with one attached hydrogen (secondary N) is 2. The zero-order valence-electron chi connectivity index (χ0n) is 18.3. The smallest absolute Gasteiger partial charge is 0.289 e. The van der Waals surface area contributed by atoms with Gasteiger partial charge in [0.1, 0.15) is 11.6 Å². The van der Waals surface area contributed by atoms with Crippen LogP contribution in [-0.4, -0.2) is 22.5 Å². The van der Waals surface area contributed by atoms with E-state index in [4.69, 9.17) is 4.74 Å². The van der Waals surface area contributed by atoms with E-state index in [1.165, 1.54) is 5.56 Å². The highest BCUT2D eigenvalue weighted by molar-refractivity contribution is 5.97. The second-order valence-electron chi connectivity index (χ2n) is 7.31. The van der Waals surface area contributed by atoms with E-state index >= 15 is 0 Å². The molecule has 0 aliphatic rings. The first kappa shape index (κ1) is 21.3. The lowest BCUT2D eigenvalue weighted by atomic mass is 10.1. The molecule has 0 aliphatic heterocycles. The van der Waals surface area contributed by atoms with Crippen LogP contribution in [-0.2, 0) is 13.0 Å². The van der Waals surface area contributed by atoms with Crippen molar-refractivity contribution in [3.05, 3.63) is 89.7 Å². The summed E-state index contributed by atoms with van der Waals surface area (Å²) in [6.45, 7) is 4.94. The highest BCUT2D eigenvalue weighted by Gasteiger charge is 2.15. The maximum absolute atomic E-state index is 12.9. The Morgan fingerprint density at radius 3 is 2.44 bits per heavy atom. The number of carbonyl (C=O) groups is 1. The zero-order chi connectivity index (χ0) is 22.3. The summed E-state index contributed by atoms with van der Waals surface area (Å²) in [6, 6.07) is 23.5. The number of aromatic nitrogens is 2. The van der Waals surface area contributed by atoms with Crippen LogP contribution >= 0.6 is 0 Å². The minimum atomic E-state index is -0.341. The molecule has 0 saturated carbocycles. The largest absolute Gasteiger partial charge is 0.494 e. The number of hydrogen-bond acceptors (Lipinski definition) is 5. The zero-order valence-corrected chi connectivity index (χ0v) is 18.3. The molecular formula is C26H26N4O2. The molecule has 162 valence electrons. The molecule has 0 unspecified atom stereocenters. The molecule has 0 radical (unpaired) electrons. The first-order chi connectivity index (χ1) is 15.7. The average Bonchev–Trinajstić information content (AvgIpc) is 2.84. The Balaban J connectivity index is 1.59. The number of hydrogen-bond donors (Lipinski definition) is 2. The van der Waals surface area contributed by atoms with Gasteiger partial charge in [-0.1, -0.05) is 49.4 Å². The highest BCUT2D eigenvalue weighted by Crippen LogP contribution is 2.24. The van der Waals surface area contributed by atoms with Crippen molar-refractivity contribution in [2.75, 3.05) is 11.9 Å². The fourth-order valence-electron chi connectivity index (χ4n) is 3.43. The second-order valence-corrected chi connectivity index (χ2v) is 7.31. The molecule has 4 rings (SSSR count). The van der Waals surface area contributed by atoms with Gasteiger partial charge >= 0.3 is 0 Å². The normalized spacial score (nSPS) is 10.7.